The van der Waals surface area contributed by atoms with Crippen molar-refractivity contribution in [3.8, 4) is 0 Å². The van der Waals surface area contributed by atoms with Gasteiger partial charge in [0.1, 0.15) is 42.1 Å². The Bertz CT molecular complexity index is 3310. The van der Waals surface area contributed by atoms with E-state index in [2.05, 4.69) is 197 Å². The second-order valence-corrected chi connectivity index (χ2v) is 39.2. The number of hydrogen-bond acceptors (Lipinski definition) is 12. The number of benzene rings is 5. The molecule has 0 saturated carbocycles. The first-order chi connectivity index (χ1) is 45.1. The minimum atomic E-state index is -3.40. The van der Waals surface area contributed by atoms with Gasteiger partial charge in [-0.05, 0) is 129 Å². The van der Waals surface area contributed by atoms with Gasteiger partial charge in [-0.2, -0.15) is 0 Å². The zero-order valence-corrected chi connectivity index (χ0v) is 59.0. The third-order valence-electron chi connectivity index (χ3n) is 22.1. The monoisotopic (exact) mass is 1310 g/mol. The van der Waals surface area contributed by atoms with Crippen molar-refractivity contribution < 1.29 is 56.4 Å². The molecule has 0 aliphatic carbocycles. The summed E-state index contributed by atoms with van der Waals surface area (Å²) in [5.41, 5.74) is 2.63. The molecule has 4 unspecified atom stereocenters. The van der Waals surface area contributed by atoms with Crippen molar-refractivity contribution in [3.63, 3.8) is 0 Å². The van der Waals surface area contributed by atoms with E-state index < -0.39 is 75.5 Å². The lowest BCUT2D eigenvalue weighted by Gasteiger charge is -2.53. The number of carbonyl (C=O) groups is 3. The summed E-state index contributed by atoms with van der Waals surface area (Å²) in [6.45, 7) is 29.8. The maximum absolute atomic E-state index is 15.3. The number of esters is 1. The molecule has 18 atom stereocenters. The second-order valence-electron chi connectivity index (χ2n) is 30.7. The van der Waals surface area contributed by atoms with Crippen molar-refractivity contribution in [2.24, 2.45) is 23.7 Å². The van der Waals surface area contributed by atoms with Crippen LogP contribution in [0.15, 0.2) is 176 Å². The lowest BCUT2D eigenvalue weighted by atomic mass is 9.78. The van der Waals surface area contributed by atoms with Crippen molar-refractivity contribution in [2.75, 3.05) is 6.61 Å². The number of hydrogen-bond donors (Lipinski definition) is 0. The average Bonchev–Trinajstić information content (AvgIpc) is 1.34. The van der Waals surface area contributed by atoms with Gasteiger partial charge in [0.05, 0.1) is 67.1 Å². The number of ketones is 2. The molecule has 7 aliphatic rings. The van der Waals surface area contributed by atoms with Crippen molar-refractivity contribution in [3.05, 3.63) is 182 Å². The van der Waals surface area contributed by atoms with Gasteiger partial charge in [0, 0.05) is 32.1 Å². The summed E-state index contributed by atoms with van der Waals surface area (Å²) in [6, 6.07) is 51.9. The Labute approximate surface area is 561 Å². The summed E-state index contributed by atoms with van der Waals surface area (Å²) in [6.07, 6.45) is 0.802. The van der Waals surface area contributed by atoms with Gasteiger partial charge < -0.3 is 42.0 Å². The summed E-state index contributed by atoms with van der Waals surface area (Å²) in [5, 5.41) is 3.64. The molecule has 7 fully saturated rings. The molecule has 0 radical (unpaired) electrons. The van der Waals surface area contributed by atoms with Gasteiger partial charge in [0.15, 0.2) is 0 Å². The molecule has 12 rings (SSSR count). The average molecular weight is 1310 g/mol. The molecule has 502 valence electrons. The number of ether oxygens (including phenoxy) is 7. The highest BCUT2D eigenvalue weighted by atomic mass is 28.4. The summed E-state index contributed by atoms with van der Waals surface area (Å²) >= 11 is 0. The first-order valence-electron chi connectivity index (χ1n) is 35.2. The number of carbonyl (C=O) groups excluding carboxylic acids is 3. The molecular formula is C80H102O12Si2. The van der Waals surface area contributed by atoms with E-state index in [4.69, 9.17) is 42.0 Å². The summed E-state index contributed by atoms with van der Waals surface area (Å²) in [5.74, 6) is -0.0520. The SMILES string of the molecule is C=C1CC2CCC(=O)C[C@H]3O[C@H]4[C@@H](O[Si](c5ccccc5)(c5ccccc5)C(C)(C)C)[C@H]5O[C@H](CC[C@@H]5O[C@H]4[C@H]3O[Si](c3ccccc3)(c3ccccc3)C(C)(C)C)CC(=O)CC3[C@H](CC4O[C@@H](CCC1O2)C[C@@H](C)C4=C)O[C@H](C[C@H](C)COC(=O)c1ccccc1)[C@@H]3C. The van der Waals surface area contributed by atoms with Crippen LogP contribution in [0.5, 0.6) is 0 Å². The van der Waals surface area contributed by atoms with Crippen molar-refractivity contribution in [1.29, 1.82) is 0 Å². The fourth-order valence-corrected chi connectivity index (χ4v) is 26.6. The van der Waals surface area contributed by atoms with Crippen LogP contribution in [-0.2, 0) is 51.6 Å². The van der Waals surface area contributed by atoms with Crippen molar-refractivity contribution in [2.45, 2.75) is 241 Å². The predicted octanol–water partition coefficient (Wildman–Crippen LogP) is 13.2. The molecule has 0 aromatic heterocycles. The Kier molecular flexibility index (Phi) is 21.0. The third kappa shape index (κ3) is 14.3. The van der Waals surface area contributed by atoms with E-state index in [1.54, 1.807) is 12.1 Å². The molecular weight excluding hydrogens is 1210 g/mol. The minimum absolute atomic E-state index is 0.00103. The molecule has 94 heavy (non-hydrogen) atoms. The van der Waals surface area contributed by atoms with E-state index in [9.17, 15) is 4.79 Å². The molecule has 0 amide bonds. The molecule has 8 bridgehead atoms. The molecule has 7 saturated heterocycles. The van der Waals surface area contributed by atoms with Crippen LogP contribution < -0.4 is 20.7 Å². The quantitative estimate of drug-likeness (QED) is 0.0631. The highest BCUT2D eigenvalue weighted by Gasteiger charge is 2.65. The zero-order valence-electron chi connectivity index (χ0n) is 57.0. The van der Waals surface area contributed by atoms with Crippen LogP contribution in [0.4, 0.5) is 0 Å². The van der Waals surface area contributed by atoms with E-state index >= 15 is 9.59 Å². The summed E-state index contributed by atoms with van der Waals surface area (Å²) in [4.78, 5) is 43.6. The van der Waals surface area contributed by atoms with Crippen LogP contribution in [0.1, 0.15) is 156 Å². The van der Waals surface area contributed by atoms with E-state index in [0.717, 1.165) is 51.2 Å². The van der Waals surface area contributed by atoms with Crippen LogP contribution >= 0.6 is 0 Å². The lowest BCUT2D eigenvalue weighted by Crippen LogP contribution is -2.73. The highest BCUT2D eigenvalue weighted by molar-refractivity contribution is 7.00. The topological polar surface area (TPSA) is 134 Å². The molecule has 12 nitrogen and oxygen atoms in total. The van der Waals surface area contributed by atoms with Gasteiger partial charge in [-0.1, -0.05) is 215 Å². The maximum Gasteiger partial charge on any atom is 0.338 e. The van der Waals surface area contributed by atoms with Crippen LogP contribution in [0.25, 0.3) is 0 Å². The largest absolute Gasteiger partial charge is 0.462 e. The first kappa shape index (κ1) is 68.4. The zero-order chi connectivity index (χ0) is 66.1. The highest BCUT2D eigenvalue weighted by Crippen LogP contribution is 2.50. The number of fused-ring (bicyclic) bond motifs is 7. The van der Waals surface area contributed by atoms with E-state index in [1.165, 1.54) is 0 Å². The standard InChI is InChI=1S/C80H102O12Si2/c1-51(50-84-78(83)56-27-17-12-18-28-56)43-69-55(5)66-47-58(82)46-61-40-42-68-73(87-61)77(92-94(80(9,10)11,64-33-23-15-24-34-64)65-35-25-16-26-36-65)76-75(89-68)74(91-93(79(6,7)8,62-29-19-13-20-30-62)63-31-21-14-22-32-63)72(90-76)48-57(81)37-38-59-45-53(3)67(85-59)41-39-60-44-52(2)54(4)70(86-60)49-71(66)88-69/h12-36,51-52,55,59-61,66-77H,3-4,37-50H2,1-2,5-11H3/t51-,52+,55+,59?,60-,61+,66?,67?,68-,69+,70?,71-,72+,73-,74-,75-,76+,77-/m0/s1. The van der Waals surface area contributed by atoms with Gasteiger partial charge in [-0.15, -0.1) is 0 Å². The van der Waals surface area contributed by atoms with Gasteiger partial charge >= 0.3 is 5.97 Å². The molecule has 14 heteroatoms. The smallest absolute Gasteiger partial charge is 0.338 e. The molecule has 7 heterocycles. The number of rotatable bonds is 13. The molecule has 0 spiro atoms. The Hall–Kier alpha value is -5.50. The molecule has 0 N–H and O–H groups in total. The Balaban J connectivity index is 0.925. The van der Waals surface area contributed by atoms with Crippen LogP contribution in [0, 0.1) is 23.7 Å². The van der Waals surface area contributed by atoms with E-state index in [-0.39, 0.29) is 97.3 Å². The summed E-state index contributed by atoms with van der Waals surface area (Å²) in [7, 11) is -6.74. The van der Waals surface area contributed by atoms with Gasteiger partial charge in [0.2, 0.25) is 0 Å². The maximum atomic E-state index is 15.3. The Morgan fingerprint density at radius 1 is 0.521 bits per heavy atom. The first-order valence-corrected chi connectivity index (χ1v) is 39.0. The van der Waals surface area contributed by atoms with Gasteiger partial charge in [-0.3, -0.25) is 9.59 Å². The summed E-state index contributed by atoms with van der Waals surface area (Å²) < 4.78 is 66.6. The van der Waals surface area contributed by atoms with Crippen molar-refractivity contribution in [1.82, 2.24) is 0 Å². The minimum Gasteiger partial charge on any atom is -0.462 e. The fraction of sp³-hybridized carbons (Fsp3) is 0.537. The van der Waals surface area contributed by atoms with Crippen LogP contribution in [0.3, 0.4) is 0 Å². The molecule has 5 aromatic rings. The van der Waals surface area contributed by atoms with E-state index in [1.807, 2.05) is 18.2 Å². The molecule has 5 aromatic carbocycles. The fourth-order valence-electron chi connectivity index (χ4n) is 17.2. The van der Waals surface area contributed by atoms with Crippen molar-refractivity contribution >= 4 is 54.9 Å². The van der Waals surface area contributed by atoms with Gasteiger partial charge in [0.25, 0.3) is 16.6 Å². The third-order valence-corrected chi connectivity index (χ3v) is 32.2. The van der Waals surface area contributed by atoms with Crippen LogP contribution in [-0.4, -0.2) is 126 Å². The second kappa shape index (κ2) is 28.9. The Morgan fingerprint density at radius 3 is 1.61 bits per heavy atom. The van der Waals surface area contributed by atoms with E-state index in [0.29, 0.717) is 56.9 Å². The van der Waals surface area contributed by atoms with Crippen LogP contribution in [0.2, 0.25) is 10.1 Å². The Morgan fingerprint density at radius 2 is 1.03 bits per heavy atom. The number of Topliss-reactive ketones (excluding diaryl/α,β-unsaturated/α-hetero) is 2. The molecule has 7 aliphatic heterocycles. The van der Waals surface area contributed by atoms with Gasteiger partial charge in [-0.25, -0.2) is 4.79 Å². The predicted molar refractivity (Wildman–Crippen MR) is 373 cm³/mol. The normalized spacial score (nSPS) is 32.5. The lowest BCUT2D eigenvalue weighted by molar-refractivity contribution is -0.254.